The van der Waals surface area contributed by atoms with Crippen molar-refractivity contribution in [2.45, 2.75) is 43.8 Å². The number of amides is 1. The summed E-state index contributed by atoms with van der Waals surface area (Å²) in [5, 5.41) is 4.03. The molecular formula is C19H25N3O4S. The molecule has 7 nitrogen and oxygen atoms in total. The van der Waals surface area contributed by atoms with Crippen molar-refractivity contribution in [1.82, 2.24) is 15.0 Å². The van der Waals surface area contributed by atoms with Gasteiger partial charge in [-0.3, -0.25) is 0 Å². The van der Waals surface area contributed by atoms with Gasteiger partial charge in [0.15, 0.2) is 0 Å². The highest BCUT2D eigenvalue weighted by Crippen LogP contribution is 2.21. The normalized spacial score (nSPS) is 14.9. The quantitative estimate of drug-likeness (QED) is 0.696. The maximum Gasteiger partial charge on any atom is 0.410 e. The van der Waals surface area contributed by atoms with Crippen molar-refractivity contribution in [3.63, 3.8) is 0 Å². The van der Waals surface area contributed by atoms with Crippen LogP contribution in [0.4, 0.5) is 4.79 Å². The molecule has 1 amide bonds. The molecule has 0 N–H and O–H groups in total. The Labute approximate surface area is 163 Å². The monoisotopic (exact) mass is 391 g/mol. The average molecular weight is 391 g/mol. The van der Waals surface area contributed by atoms with Crippen molar-refractivity contribution in [2.75, 3.05) is 26.0 Å². The molecule has 8 heteroatoms. The molecule has 0 aliphatic carbocycles. The van der Waals surface area contributed by atoms with Crippen LogP contribution in [0.25, 0.3) is 11.4 Å². The van der Waals surface area contributed by atoms with E-state index in [1.54, 1.807) is 16.7 Å². The Morgan fingerprint density at radius 2 is 2.00 bits per heavy atom. The fourth-order valence-corrected chi connectivity index (χ4v) is 2.95. The number of aromatic nitrogens is 2. The van der Waals surface area contributed by atoms with E-state index >= 15 is 0 Å². The molecule has 146 valence electrons. The number of likely N-dealkylation sites (tertiary alicyclic amines) is 1. The minimum absolute atomic E-state index is 0.0269. The molecule has 1 aromatic heterocycles. The van der Waals surface area contributed by atoms with Crippen LogP contribution in [0.1, 0.15) is 26.7 Å². The van der Waals surface area contributed by atoms with E-state index in [0.717, 1.165) is 5.56 Å². The van der Waals surface area contributed by atoms with Gasteiger partial charge in [-0.1, -0.05) is 5.16 Å². The Morgan fingerprint density at radius 3 is 2.63 bits per heavy atom. The van der Waals surface area contributed by atoms with E-state index in [1.165, 1.54) is 4.90 Å². The van der Waals surface area contributed by atoms with Crippen LogP contribution in [-0.2, 0) is 15.9 Å². The molecule has 1 aliphatic heterocycles. The fourth-order valence-electron chi connectivity index (χ4n) is 2.55. The van der Waals surface area contributed by atoms with Gasteiger partial charge in [0.2, 0.25) is 11.7 Å². The molecule has 2 aromatic rings. The van der Waals surface area contributed by atoms with E-state index in [2.05, 4.69) is 10.1 Å². The molecule has 0 bridgehead atoms. The summed E-state index contributed by atoms with van der Waals surface area (Å²) in [5.74, 6) is 1.12. The molecule has 0 spiro atoms. The minimum Gasteiger partial charge on any atom is -0.444 e. The van der Waals surface area contributed by atoms with Crippen molar-refractivity contribution in [1.29, 1.82) is 0 Å². The van der Waals surface area contributed by atoms with Crippen LogP contribution in [0.15, 0.2) is 33.7 Å². The van der Waals surface area contributed by atoms with Crippen molar-refractivity contribution in [2.24, 2.45) is 0 Å². The van der Waals surface area contributed by atoms with Crippen molar-refractivity contribution >= 4 is 17.9 Å². The molecule has 1 fully saturated rings. The second-order valence-electron chi connectivity index (χ2n) is 7.37. The van der Waals surface area contributed by atoms with Gasteiger partial charge in [0.25, 0.3) is 0 Å². The zero-order valence-corrected chi connectivity index (χ0v) is 16.9. The Kier molecular flexibility index (Phi) is 6.06. The van der Waals surface area contributed by atoms with Crippen molar-refractivity contribution in [3.05, 3.63) is 30.2 Å². The number of thioether (sulfide) groups is 1. The first-order valence-electron chi connectivity index (χ1n) is 8.90. The molecule has 2 heterocycles. The second-order valence-corrected chi connectivity index (χ2v) is 8.25. The predicted molar refractivity (Wildman–Crippen MR) is 103 cm³/mol. The third-order valence-electron chi connectivity index (χ3n) is 3.99. The first kappa shape index (κ1) is 19.7. The average Bonchev–Trinajstić information content (AvgIpc) is 3.04. The van der Waals surface area contributed by atoms with Gasteiger partial charge in [0.1, 0.15) is 5.60 Å². The maximum atomic E-state index is 11.9. The van der Waals surface area contributed by atoms with E-state index < -0.39 is 5.60 Å². The topological polar surface area (TPSA) is 77.7 Å². The third-order valence-corrected chi connectivity index (χ3v) is 4.73. The van der Waals surface area contributed by atoms with E-state index in [0.29, 0.717) is 37.8 Å². The highest BCUT2D eigenvalue weighted by molar-refractivity contribution is 7.98. The molecule has 1 aromatic carbocycles. The van der Waals surface area contributed by atoms with Gasteiger partial charge < -0.3 is 18.9 Å². The van der Waals surface area contributed by atoms with Crippen molar-refractivity contribution < 1.29 is 18.8 Å². The Balaban J connectivity index is 1.39. The summed E-state index contributed by atoms with van der Waals surface area (Å²) in [6, 6.07) is 8.03. The van der Waals surface area contributed by atoms with Gasteiger partial charge in [-0.15, -0.1) is 11.8 Å². The summed E-state index contributed by atoms with van der Waals surface area (Å²) in [7, 11) is 0. The van der Waals surface area contributed by atoms with Gasteiger partial charge in [-0.25, -0.2) is 4.79 Å². The van der Waals surface area contributed by atoms with E-state index in [4.69, 9.17) is 14.0 Å². The lowest BCUT2D eigenvalue weighted by atomic mass is 10.1. The summed E-state index contributed by atoms with van der Waals surface area (Å²) < 4.78 is 16.4. The maximum absolute atomic E-state index is 11.9. The Morgan fingerprint density at radius 1 is 1.30 bits per heavy atom. The molecule has 1 aliphatic rings. The molecule has 27 heavy (non-hydrogen) atoms. The highest BCUT2D eigenvalue weighted by atomic mass is 32.2. The lowest BCUT2D eigenvalue weighted by molar-refractivity contribution is -0.0630. The van der Waals surface area contributed by atoms with Crippen LogP contribution in [0.5, 0.6) is 0 Å². The van der Waals surface area contributed by atoms with E-state index in [-0.39, 0.29) is 12.2 Å². The number of hydrogen-bond donors (Lipinski definition) is 0. The van der Waals surface area contributed by atoms with Crippen LogP contribution in [-0.4, -0.2) is 58.8 Å². The zero-order chi connectivity index (χ0) is 19.4. The smallest absolute Gasteiger partial charge is 0.410 e. The van der Waals surface area contributed by atoms with E-state index in [1.807, 2.05) is 51.3 Å². The van der Waals surface area contributed by atoms with Crippen LogP contribution >= 0.6 is 11.8 Å². The van der Waals surface area contributed by atoms with Crippen LogP contribution in [0, 0.1) is 0 Å². The second kappa shape index (κ2) is 8.31. The Hall–Kier alpha value is -2.06. The van der Waals surface area contributed by atoms with E-state index in [9.17, 15) is 4.79 Å². The van der Waals surface area contributed by atoms with Gasteiger partial charge in [-0.05, 0) is 51.3 Å². The summed E-state index contributed by atoms with van der Waals surface area (Å²) in [5.41, 5.74) is 0.449. The first-order chi connectivity index (χ1) is 12.8. The lowest BCUT2D eigenvalue weighted by Crippen LogP contribution is -2.56. The lowest BCUT2D eigenvalue weighted by Gasteiger charge is -2.39. The number of rotatable bonds is 6. The number of hydrogen-bond acceptors (Lipinski definition) is 7. The van der Waals surface area contributed by atoms with Gasteiger partial charge in [-0.2, -0.15) is 4.98 Å². The molecule has 0 unspecified atom stereocenters. The number of carbonyl (C=O) groups excluding carboxylic acids is 1. The van der Waals surface area contributed by atoms with Crippen LogP contribution < -0.4 is 0 Å². The van der Waals surface area contributed by atoms with Gasteiger partial charge in [0.05, 0.1) is 32.2 Å². The van der Waals surface area contributed by atoms with Crippen molar-refractivity contribution in [3.8, 4) is 11.4 Å². The largest absolute Gasteiger partial charge is 0.444 e. The summed E-state index contributed by atoms with van der Waals surface area (Å²) >= 11 is 1.69. The summed E-state index contributed by atoms with van der Waals surface area (Å²) in [6.07, 6.45) is 2.31. The molecule has 0 atom stereocenters. The predicted octanol–water partition coefficient (Wildman–Crippen LogP) is 3.64. The van der Waals surface area contributed by atoms with Gasteiger partial charge >= 0.3 is 6.09 Å². The fraction of sp³-hybridized carbons (Fsp3) is 0.526. The van der Waals surface area contributed by atoms with Crippen LogP contribution in [0.2, 0.25) is 0 Å². The van der Waals surface area contributed by atoms with Gasteiger partial charge in [0, 0.05) is 10.5 Å². The van der Waals surface area contributed by atoms with Crippen LogP contribution in [0.3, 0.4) is 0 Å². The summed E-state index contributed by atoms with van der Waals surface area (Å²) in [4.78, 5) is 19.1. The number of nitrogens with zero attached hydrogens (tertiary/aromatic N) is 3. The SMILES string of the molecule is CSc1ccc(-c2noc(CCOC3CN(C(=O)OC(C)(C)C)C3)n2)cc1. The molecule has 0 radical (unpaired) electrons. The Bertz CT molecular complexity index is 764. The molecule has 3 rings (SSSR count). The zero-order valence-electron chi connectivity index (χ0n) is 16.1. The highest BCUT2D eigenvalue weighted by Gasteiger charge is 2.34. The first-order valence-corrected chi connectivity index (χ1v) is 10.1. The molecular weight excluding hydrogens is 366 g/mol. The molecule has 0 saturated carbocycles. The third kappa shape index (κ3) is 5.46. The minimum atomic E-state index is -0.478. The summed E-state index contributed by atoms with van der Waals surface area (Å²) in [6.45, 7) is 7.13. The number of carbonyl (C=O) groups is 1. The number of benzene rings is 1. The number of ether oxygens (including phenoxy) is 2. The standard InChI is InChI=1S/C19H25N3O4S/c1-19(2,3)25-18(23)22-11-14(12-22)24-10-9-16-20-17(21-26-16)13-5-7-15(27-4)8-6-13/h5-8,14H,9-12H2,1-4H3. The molecule has 1 saturated heterocycles.